The van der Waals surface area contributed by atoms with E-state index < -0.39 is 11.7 Å². The fourth-order valence-electron chi connectivity index (χ4n) is 6.95. The molecule has 13 heteroatoms. The van der Waals surface area contributed by atoms with Crippen LogP contribution in [0.5, 0.6) is 11.5 Å². The van der Waals surface area contributed by atoms with Crippen LogP contribution in [0, 0.1) is 0 Å². The van der Waals surface area contributed by atoms with Gasteiger partial charge in [-0.15, -0.1) is 0 Å². The van der Waals surface area contributed by atoms with E-state index in [-0.39, 0.29) is 17.9 Å². The highest BCUT2D eigenvalue weighted by molar-refractivity contribution is 6.03. The molecule has 0 spiro atoms. The van der Waals surface area contributed by atoms with Crippen LogP contribution in [0.25, 0.3) is 16.9 Å². The van der Waals surface area contributed by atoms with Gasteiger partial charge in [0.2, 0.25) is 0 Å². The molecule has 50 heavy (non-hydrogen) atoms. The zero-order valence-electron chi connectivity index (χ0n) is 27.9. The molecule has 2 saturated heterocycles. The number of hydrogen-bond acceptors (Lipinski definition) is 7. The maximum Gasteiger partial charge on any atom is 0.416 e. The number of alkyl halides is 3. The minimum Gasteiger partial charge on any atom is -0.493 e. The Morgan fingerprint density at radius 3 is 2.52 bits per heavy atom. The molecule has 2 aromatic carbocycles. The van der Waals surface area contributed by atoms with Crippen molar-refractivity contribution in [2.24, 2.45) is 4.99 Å². The molecule has 0 N–H and O–H groups in total. The van der Waals surface area contributed by atoms with E-state index >= 15 is 0 Å². The van der Waals surface area contributed by atoms with Crippen molar-refractivity contribution in [3.05, 3.63) is 77.6 Å². The lowest BCUT2D eigenvalue weighted by atomic mass is 10.1. The number of methoxy groups -OCH3 is 1. The molecule has 2 amide bonds. The largest absolute Gasteiger partial charge is 0.493 e. The van der Waals surface area contributed by atoms with Crippen molar-refractivity contribution in [3.8, 4) is 22.9 Å². The van der Waals surface area contributed by atoms with Gasteiger partial charge >= 0.3 is 6.18 Å². The smallest absolute Gasteiger partial charge is 0.416 e. The minimum atomic E-state index is -4.43. The predicted molar refractivity (Wildman–Crippen MR) is 183 cm³/mol. The van der Waals surface area contributed by atoms with Gasteiger partial charge in [0.25, 0.3) is 11.8 Å². The number of pyridine rings is 1. The van der Waals surface area contributed by atoms with E-state index in [1.807, 2.05) is 17.2 Å². The van der Waals surface area contributed by atoms with Crippen molar-refractivity contribution in [2.45, 2.75) is 44.3 Å². The van der Waals surface area contributed by atoms with E-state index in [4.69, 9.17) is 9.47 Å². The summed E-state index contributed by atoms with van der Waals surface area (Å²) in [5, 5.41) is 0. The average molecular weight is 689 g/mol. The molecular weight excluding hydrogens is 649 g/mol. The summed E-state index contributed by atoms with van der Waals surface area (Å²) in [7, 11) is 1.57. The molecule has 3 aliphatic heterocycles. The molecule has 262 valence electrons. The van der Waals surface area contributed by atoms with Gasteiger partial charge in [-0.3, -0.25) is 23.9 Å². The molecule has 2 fully saturated rings. The van der Waals surface area contributed by atoms with Crippen LogP contribution in [-0.2, 0) is 6.18 Å². The highest BCUT2D eigenvalue weighted by Crippen LogP contribution is 2.38. The van der Waals surface area contributed by atoms with Crippen LogP contribution < -0.4 is 9.47 Å². The first-order valence-electron chi connectivity index (χ1n) is 17.1. The van der Waals surface area contributed by atoms with Crippen molar-refractivity contribution in [1.82, 2.24) is 24.1 Å². The Hall–Kier alpha value is -4.91. The van der Waals surface area contributed by atoms with Gasteiger partial charge in [0.1, 0.15) is 5.82 Å². The molecule has 0 radical (unpaired) electrons. The Bertz CT molecular complexity index is 1900. The van der Waals surface area contributed by atoms with Gasteiger partial charge in [0.15, 0.2) is 17.2 Å². The number of unbranched alkanes of at least 4 members (excludes halogenated alkanes) is 2. The number of nitrogens with zero attached hydrogens (tertiary/aromatic N) is 6. The fraction of sp³-hybridized carbons (Fsp3) is 0.405. The second-order valence-corrected chi connectivity index (χ2v) is 12.9. The lowest BCUT2D eigenvalue weighted by molar-refractivity contribution is -0.137. The van der Waals surface area contributed by atoms with Crippen LogP contribution in [-0.4, -0.2) is 101 Å². The van der Waals surface area contributed by atoms with Gasteiger partial charge in [-0.2, -0.15) is 13.2 Å². The number of carbonyl (C=O) groups is 2. The molecule has 0 bridgehead atoms. The predicted octanol–water partition coefficient (Wildman–Crippen LogP) is 6.36. The van der Waals surface area contributed by atoms with Crippen LogP contribution in [0.15, 0.2) is 65.8 Å². The zero-order valence-corrected chi connectivity index (χ0v) is 27.9. The van der Waals surface area contributed by atoms with Crippen LogP contribution in [0.2, 0.25) is 0 Å². The molecule has 0 aliphatic carbocycles. The van der Waals surface area contributed by atoms with Crippen LogP contribution in [0.4, 0.5) is 18.9 Å². The summed E-state index contributed by atoms with van der Waals surface area (Å²) in [5.41, 5.74) is 1.81. The Balaban J connectivity index is 0.889. The lowest BCUT2D eigenvalue weighted by Gasteiger charge is -2.34. The first-order valence-corrected chi connectivity index (χ1v) is 17.1. The molecule has 2 aromatic heterocycles. The van der Waals surface area contributed by atoms with Gasteiger partial charge in [-0.05, 0) is 69.0 Å². The summed E-state index contributed by atoms with van der Waals surface area (Å²) in [5.74, 6) is 1.32. The number of piperazine rings is 1. The molecule has 0 saturated carbocycles. The molecule has 0 unspecified atom stereocenters. The second kappa shape index (κ2) is 14.1. The third kappa shape index (κ3) is 6.78. The third-order valence-electron chi connectivity index (χ3n) is 9.72. The third-order valence-corrected chi connectivity index (χ3v) is 9.72. The molecule has 7 rings (SSSR count). The molecule has 5 heterocycles. The monoisotopic (exact) mass is 688 g/mol. The van der Waals surface area contributed by atoms with Gasteiger partial charge in [-0.1, -0.05) is 18.2 Å². The van der Waals surface area contributed by atoms with Crippen molar-refractivity contribution in [1.29, 1.82) is 0 Å². The first kappa shape index (κ1) is 33.6. The van der Waals surface area contributed by atoms with Crippen LogP contribution in [0.3, 0.4) is 0 Å². The summed E-state index contributed by atoms with van der Waals surface area (Å²) in [6, 6.07) is 13.8. The van der Waals surface area contributed by atoms with Gasteiger partial charge in [-0.25, -0.2) is 4.98 Å². The number of benzene rings is 2. The molecule has 10 nitrogen and oxygen atoms in total. The Labute approximate surface area is 288 Å². The van der Waals surface area contributed by atoms with Gasteiger partial charge in [0, 0.05) is 56.8 Å². The van der Waals surface area contributed by atoms with E-state index in [2.05, 4.69) is 14.9 Å². The number of halogens is 3. The van der Waals surface area contributed by atoms with Crippen molar-refractivity contribution in [3.63, 3.8) is 0 Å². The quantitative estimate of drug-likeness (QED) is 0.180. The minimum absolute atomic E-state index is 0.0176. The van der Waals surface area contributed by atoms with Crippen molar-refractivity contribution < 1.29 is 32.2 Å². The number of ether oxygens (including phenoxy) is 2. The number of aliphatic imine (C=N–C) groups is 1. The molecule has 1 atom stereocenters. The van der Waals surface area contributed by atoms with E-state index in [0.717, 1.165) is 70.4 Å². The van der Waals surface area contributed by atoms with Gasteiger partial charge in [0.05, 0.1) is 42.1 Å². The van der Waals surface area contributed by atoms with Crippen molar-refractivity contribution >= 4 is 29.2 Å². The maximum atomic E-state index is 13.6. The topological polar surface area (TPSA) is 92.0 Å². The number of amides is 2. The highest BCUT2D eigenvalue weighted by Gasteiger charge is 2.33. The number of rotatable bonds is 10. The SMILES string of the molecule is COc1cc2c(cc1OCCCCCN1CCN(C(=O)c3nc(-c4ccc(C(F)(F)F)cc4)n4ccccc34)CC1)N=C[C@@H]1CCCN1C2=O. The summed E-state index contributed by atoms with van der Waals surface area (Å²) < 4.78 is 52.7. The average Bonchev–Trinajstić information content (AvgIpc) is 3.74. The standard InChI is InChI=1S/C37H39F3N6O4/c1-49-31-22-28-29(41-24-27-8-7-16-45(27)35(28)47)23-32(31)50-21-6-2-4-14-43-17-19-44(20-18-43)36(48)33-30-9-3-5-15-46(30)34(42-33)25-10-12-26(13-11-25)37(38,39)40/h3,5,9-13,15,22-24,27H,2,4,6-8,14,16-21H2,1H3/t27-/m0/s1. The normalized spacial score (nSPS) is 17.9. The van der Waals surface area contributed by atoms with E-state index in [9.17, 15) is 22.8 Å². The molecular formula is C37H39F3N6O4. The fourth-order valence-corrected chi connectivity index (χ4v) is 6.95. The Kier molecular flexibility index (Phi) is 9.50. The number of fused-ring (bicyclic) bond motifs is 3. The number of imidazole rings is 1. The number of carbonyl (C=O) groups excluding carboxylic acids is 2. The van der Waals surface area contributed by atoms with Gasteiger partial charge < -0.3 is 19.3 Å². The van der Waals surface area contributed by atoms with Crippen LogP contribution >= 0.6 is 0 Å². The summed E-state index contributed by atoms with van der Waals surface area (Å²) in [4.78, 5) is 42.0. The van der Waals surface area contributed by atoms with E-state index in [1.54, 1.807) is 46.9 Å². The summed E-state index contributed by atoms with van der Waals surface area (Å²) >= 11 is 0. The van der Waals surface area contributed by atoms with Crippen molar-refractivity contribution in [2.75, 3.05) is 53.0 Å². The molecule has 4 aromatic rings. The van der Waals surface area contributed by atoms with E-state index in [0.29, 0.717) is 65.0 Å². The Morgan fingerprint density at radius 1 is 0.960 bits per heavy atom. The molecule has 3 aliphatic rings. The number of hydrogen-bond donors (Lipinski definition) is 0. The maximum absolute atomic E-state index is 13.6. The summed E-state index contributed by atoms with van der Waals surface area (Å²) in [6.07, 6.45) is 3.91. The lowest BCUT2D eigenvalue weighted by Crippen LogP contribution is -2.49. The zero-order chi connectivity index (χ0) is 34.8. The van der Waals surface area contributed by atoms with E-state index in [1.165, 1.54) is 12.1 Å². The second-order valence-electron chi connectivity index (χ2n) is 12.9. The Morgan fingerprint density at radius 2 is 1.76 bits per heavy atom. The van der Waals surface area contributed by atoms with Crippen LogP contribution in [0.1, 0.15) is 58.5 Å². The number of aromatic nitrogens is 2. The summed E-state index contributed by atoms with van der Waals surface area (Å²) in [6.45, 7) is 4.76. The first-order chi connectivity index (χ1) is 24.2. The highest BCUT2D eigenvalue weighted by atomic mass is 19.4.